The van der Waals surface area contributed by atoms with Crippen LogP contribution in [0.1, 0.15) is 19.3 Å². The molecule has 1 aliphatic rings. The minimum atomic E-state index is -0.0864. The van der Waals surface area contributed by atoms with Gasteiger partial charge in [0.2, 0.25) is 0 Å². The zero-order chi connectivity index (χ0) is 14.0. The van der Waals surface area contributed by atoms with Crippen LogP contribution in [0.2, 0.25) is 0 Å². The van der Waals surface area contributed by atoms with Gasteiger partial charge in [-0.05, 0) is 31.4 Å². The van der Waals surface area contributed by atoms with E-state index in [0.717, 1.165) is 31.6 Å². The molecule has 0 saturated carbocycles. The minimum Gasteiger partial charge on any atom is -0.378 e. The Labute approximate surface area is 124 Å². The standard InChI is InChI=1S/C15H22N2O2S/c18-15(16-9-8-13-5-4-11-19-13)17-10-12-20-14-6-2-1-3-7-14/h1-3,6-7,13H,4-5,8-12H2,(H2,16,17,18). The van der Waals surface area contributed by atoms with Crippen molar-refractivity contribution in [1.82, 2.24) is 10.6 Å². The first kappa shape index (κ1) is 15.2. The van der Waals surface area contributed by atoms with Crippen molar-refractivity contribution in [2.24, 2.45) is 0 Å². The van der Waals surface area contributed by atoms with Gasteiger partial charge in [-0.25, -0.2) is 4.79 Å². The molecule has 1 heterocycles. The summed E-state index contributed by atoms with van der Waals surface area (Å²) in [6.45, 7) is 2.22. The van der Waals surface area contributed by atoms with E-state index >= 15 is 0 Å². The van der Waals surface area contributed by atoms with Crippen LogP contribution >= 0.6 is 11.8 Å². The van der Waals surface area contributed by atoms with Gasteiger partial charge in [0.1, 0.15) is 0 Å². The maximum atomic E-state index is 11.6. The van der Waals surface area contributed by atoms with Gasteiger partial charge < -0.3 is 15.4 Å². The molecule has 0 radical (unpaired) electrons. The molecule has 4 nitrogen and oxygen atoms in total. The first-order chi connectivity index (χ1) is 9.84. The molecule has 110 valence electrons. The highest BCUT2D eigenvalue weighted by Crippen LogP contribution is 2.16. The summed E-state index contributed by atoms with van der Waals surface area (Å²) in [6, 6.07) is 10.1. The van der Waals surface area contributed by atoms with Crippen LogP contribution in [0, 0.1) is 0 Å². The van der Waals surface area contributed by atoms with Gasteiger partial charge in [-0.1, -0.05) is 18.2 Å². The fourth-order valence-corrected chi connectivity index (χ4v) is 2.92. The van der Waals surface area contributed by atoms with E-state index in [0.29, 0.717) is 19.2 Å². The molecular weight excluding hydrogens is 272 g/mol. The van der Waals surface area contributed by atoms with E-state index in [9.17, 15) is 4.79 Å². The van der Waals surface area contributed by atoms with E-state index in [2.05, 4.69) is 22.8 Å². The van der Waals surface area contributed by atoms with Crippen LogP contribution in [0.3, 0.4) is 0 Å². The Bertz CT molecular complexity index is 394. The molecule has 2 amide bonds. The largest absolute Gasteiger partial charge is 0.378 e. The second kappa shape index (κ2) is 8.87. The molecule has 0 aromatic heterocycles. The summed E-state index contributed by atoms with van der Waals surface area (Å²) in [4.78, 5) is 12.8. The number of amides is 2. The number of carbonyl (C=O) groups is 1. The zero-order valence-corrected chi connectivity index (χ0v) is 12.5. The van der Waals surface area contributed by atoms with Crippen LogP contribution in [0.15, 0.2) is 35.2 Å². The van der Waals surface area contributed by atoms with Crippen molar-refractivity contribution < 1.29 is 9.53 Å². The fraction of sp³-hybridized carbons (Fsp3) is 0.533. The number of ether oxygens (including phenoxy) is 1. The Kier molecular flexibility index (Phi) is 6.74. The number of urea groups is 1. The normalized spacial score (nSPS) is 17.9. The molecule has 1 unspecified atom stereocenters. The molecule has 0 aliphatic carbocycles. The topological polar surface area (TPSA) is 50.4 Å². The molecule has 2 N–H and O–H groups in total. The van der Waals surface area contributed by atoms with Gasteiger partial charge in [-0.2, -0.15) is 0 Å². The molecule has 0 spiro atoms. The van der Waals surface area contributed by atoms with Crippen LogP contribution in [0.4, 0.5) is 4.79 Å². The third-order valence-corrected chi connectivity index (χ3v) is 4.19. The third-order valence-electron chi connectivity index (χ3n) is 3.18. The van der Waals surface area contributed by atoms with Crippen molar-refractivity contribution >= 4 is 17.8 Å². The third kappa shape index (κ3) is 5.84. The Morgan fingerprint density at radius 2 is 2.05 bits per heavy atom. The van der Waals surface area contributed by atoms with Crippen LogP contribution in [0.5, 0.6) is 0 Å². The van der Waals surface area contributed by atoms with Crippen molar-refractivity contribution in [3.63, 3.8) is 0 Å². The van der Waals surface area contributed by atoms with Crippen LogP contribution in [0.25, 0.3) is 0 Å². The van der Waals surface area contributed by atoms with Gasteiger partial charge in [0.15, 0.2) is 0 Å². The van der Waals surface area contributed by atoms with Crippen molar-refractivity contribution in [3.05, 3.63) is 30.3 Å². The summed E-state index contributed by atoms with van der Waals surface area (Å²) in [7, 11) is 0. The molecule has 1 aliphatic heterocycles. The number of nitrogens with one attached hydrogen (secondary N) is 2. The monoisotopic (exact) mass is 294 g/mol. The molecule has 20 heavy (non-hydrogen) atoms. The first-order valence-corrected chi connectivity index (χ1v) is 8.14. The average molecular weight is 294 g/mol. The number of rotatable bonds is 7. The number of benzene rings is 1. The van der Waals surface area contributed by atoms with Gasteiger partial charge in [0, 0.05) is 30.3 Å². The number of hydrogen-bond acceptors (Lipinski definition) is 3. The summed E-state index contributed by atoms with van der Waals surface area (Å²) in [5.41, 5.74) is 0. The van der Waals surface area contributed by atoms with E-state index in [1.54, 1.807) is 11.8 Å². The molecular formula is C15H22N2O2S. The van der Waals surface area contributed by atoms with Crippen LogP contribution < -0.4 is 10.6 Å². The Hall–Kier alpha value is -1.20. The summed E-state index contributed by atoms with van der Waals surface area (Å²) >= 11 is 1.74. The highest BCUT2D eigenvalue weighted by atomic mass is 32.2. The summed E-state index contributed by atoms with van der Waals surface area (Å²) in [5.74, 6) is 0.878. The molecule has 1 aromatic rings. The number of carbonyl (C=O) groups excluding carboxylic acids is 1. The van der Waals surface area contributed by atoms with Gasteiger partial charge in [0.25, 0.3) is 0 Å². The zero-order valence-electron chi connectivity index (χ0n) is 11.6. The lowest BCUT2D eigenvalue weighted by molar-refractivity contribution is 0.104. The van der Waals surface area contributed by atoms with E-state index in [1.807, 2.05) is 18.2 Å². The second-order valence-electron chi connectivity index (χ2n) is 4.77. The van der Waals surface area contributed by atoms with E-state index in [1.165, 1.54) is 4.90 Å². The predicted molar refractivity (Wildman–Crippen MR) is 82.2 cm³/mol. The lowest BCUT2D eigenvalue weighted by Crippen LogP contribution is -2.38. The SMILES string of the molecule is O=C(NCCSc1ccccc1)NCCC1CCCO1. The summed E-state index contributed by atoms with van der Waals surface area (Å²) in [5, 5.41) is 5.74. The lowest BCUT2D eigenvalue weighted by Gasteiger charge is -2.10. The van der Waals surface area contributed by atoms with Gasteiger partial charge in [-0.15, -0.1) is 11.8 Å². The Morgan fingerprint density at radius 3 is 2.80 bits per heavy atom. The second-order valence-corrected chi connectivity index (χ2v) is 5.94. The average Bonchev–Trinajstić information content (AvgIpc) is 2.98. The molecule has 1 atom stereocenters. The van der Waals surface area contributed by atoms with Gasteiger partial charge in [0.05, 0.1) is 6.10 Å². The van der Waals surface area contributed by atoms with Gasteiger partial charge >= 0.3 is 6.03 Å². The lowest BCUT2D eigenvalue weighted by atomic mass is 10.2. The summed E-state index contributed by atoms with van der Waals surface area (Å²) in [6.07, 6.45) is 3.51. The highest BCUT2D eigenvalue weighted by molar-refractivity contribution is 7.99. The number of hydrogen-bond donors (Lipinski definition) is 2. The molecule has 0 bridgehead atoms. The molecule has 1 fully saturated rings. The van der Waals surface area contributed by atoms with E-state index in [-0.39, 0.29) is 6.03 Å². The van der Waals surface area contributed by atoms with Crippen LogP contribution in [-0.2, 0) is 4.74 Å². The summed E-state index contributed by atoms with van der Waals surface area (Å²) < 4.78 is 5.51. The predicted octanol–water partition coefficient (Wildman–Crippen LogP) is 2.65. The number of thioether (sulfide) groups is 1. The van der Waals surface area contributed by atoms with E-state index < -0.39 is 0 Å². The maximum absolute atomic E-state index is 11.6. The maximum Gasteiger partial charge on any atom is 0.314 e. The quantitative estimate of drug-likeness (QED) is 0.600. The highest BCUT2D eigenvalue weighted by Gasteiger charge is 2.14. The Morgan fingerprint density at radius 1 is 1.25 bits per heavy atom. The minimum absolute atomic E-state index is 0.0864. The molecule has 1 saturated heterocycles. The molecule has 5 heteroatoms. The van der Waals surface area contributed by atoms with Crippen molar-refractivity contribution in [2.45, 2.75) is 30.3 Å². The van der Waals surface area contributed by atoms with Crippen LogP contribution in [-0.4, -0.2) is 37.6 Å². The van der Waals surface area contributed by atoms with E-state index in [4.69, 9.17) is 4.74 Å². The smallest absolute Gasteiger partial charge is 0.314 e. The van der Waals surface area contributed by atoms with Crippen molar-refractivity contribution in [2.75, 3.05) is 25.4 Å². The Balaban J connectivity index is 1.47. The fourth-order valence-electron chi connectivity index (χ4n) is 2.13. The van der Waals surface area contributed by atoms with Crippen molar-refractivity contribution in [1.29, 1.82) is 0 Å². The molecule has 1 aromatic carbocycles. The first-order valence-electron chi connectivity index (χ1n) is 7.16. The molecule has 2 rings (SSSR count). The van der Waals surface area contributed by atoms with Gasteiger partial charge in [-0.3, -0.25) is 0 Å². The van der Waals surface area contributed by atoms with Crippen molar-refractivity contribution in [3.8, 4) is 0 Å².